The van der Waals surface area contributed by atoms with Crippen LogP contribution in [0.5, 0.6) is 5.75 Å². The van der Waals surface area contributed by atoms with Crippen molar-refractivity contribution in [2.45, 2.75) is 37.8 Å². The van der Waals surface area contributed by atoms with Crippen LogP contribution in [0.25, 0.3) is 0 Å². The zero-order valence-electron chi connectivity index (χ0n) is 13.2. The van der Waals surface area contributed by atoms with Gasteiger partial charge in [0, 0.05) is 18.2 Å². The number of ether oxygens (including phenoxy) is 1. The summed E-state index contributed by atoms with van der Waals surface area (Å²) in [6, 6.07) is 3.18. The van der Waals surface area contributed by atoms with Crippen LogP contribution in [0, 0.1) is 0 Å². The third kappa shape index (κ3) is 4.51. The molecule has 0 aromatic heterocycles. The number of nitrogens with one attached hydrogen (secondary N) is 2. The quantitative estimate of drug-likeness (QED) is 0.727. The van der Waals surface area contributed by atoms with Crippen LogP contribution in [0.2, 0.25) is 10.0 Å². The molecule has 1 saturated heterocycles. The van der Waals surface area contributed by atoms with E-state index in [0.717, 1.165) is 30.7 Å². The molecule has 0 amide bonds. The van der Waals surface area contributed by atoms with E-state index in [-0.39, 0.29) is 12.0 Å². The second-order valence-electron chi connectivity index (χ2n) is 5.82. The Morgan fingerprint density at radius 2 is 2.26 bits per heavy atom. The summed E-state index contributed by atoms with van der Waals surface area (Å²) in [5, 5.41) is 16.5. The summed E-state index contributed by atoms with van der Waals surface area (Å²) < 4.78 is 5.44. The first-order chi connectivity index (χ1) is 10.9. The highest BCUT2D eigenvalue weighted by Crippen LogP contribution is 2.42. The predicted octanol–water partition coefficient (Wildman–Crippen LogP) is 2.90. The maximum absolute atomic E-state index is 10.9. The van der Waals surface area contributed by atoms with Gasteiger partial charge in [0.1, 0.15) is 11.8 Å². The Morgan fingerprint density at radius 1 is 1.52 bits per heavy atom. The highest BCUT2D eigenvalue weighted by molar-refractivity contribution is 6.42. The fraction of sp³-hybridized carbons (Fsp3) is 0.562. The Kier molecular flexibility index (Phi) is 6.53. The second-order valence-corrected chi connectivity index (χ2v) is 6.60. The minimum atomic E-state index is -0.850. The summed E-state index contributed by atoms with van der Waals surface area (Å²) in [5.74, 6) is 0.123. The van der Waals surface area contributed by atoms with E-state index in [1.165, 1.54) is 0 Å². The average Bonchev–Trinajstić information content (AvgIpc) is 2.55. The number of piperidine rings is 1. The molecule has 2 rings (SSSR count). The van der Waals surface area contributed by atoms with E-state index in [4.69, 9.17) is 33.0 Å². The molecule has 1 unspecified atom stereocenters. The molecule has 1 aromatic rings. The van der Waals surface area contributed by atoms with Gasteiger partial charge in [-0.2, -0.15) is 0 Å². The van der Waals surface area contributed by atoms with Crippen molar-refractivity contribution < 1.29 is 14.6 Å². The van der Waals surface area contributed by atoms with Gasteiger partial charge in [-0.15, -0.1) is 0 Å². The van der Waals surface area contributed by atoms with E-state index >= 15 is 0 Å². The molecule has 0 spiro atoms. The summed E-state index contributed by atoms with van der Waals surface area (Å²) in [5.41, 5.74) is 0.944. The number of aliphatic carboxylic acids is 1. The van der Waals surface area contributed by atoms with Crippen LogP contribution in [-0.2, 0) is 4.79 Å². The van der Waals surface area contributed by atoms with Crippen LogP contribution in [0.4, 0.5) is 0 Å². The lowest BCUT2D eigenvalue weighted by molar-refractivity contribution is -0.139. The first-order valence-corrected chi connectivity index (χ1v) is 8.41. The largest absolute Gasteiger partial charge is 0.496 e. The lowest BCUT2D eigenvalue weighted by Crippen LogP contribution is -2.47. The van der Waals surface area contributed by atoms with Gasteiger partial charge in [0.2, 0.25) is 0 Å². The minimum absolute atomic E-state index is 0.176. The van der Waals surface area contributed by atoms with Crippen molar-refractivity contribution in [1.82, 2.24) is 10.6 Å². The molecule has 3 atom stereocenters. The van der Waals surface area contributed by atoms with Gasteiger partial charge < -0.3 is 20.5 Å². The van der Waals surface area contributed by atoms with Crippen LogP contribution in [-0.4, -0.2) is 43.4 Å². The standard InChI is InChI=1S/C16H22Cl2N2O3/c1-9(16(21)22)20-8-11-7-10(5-6-19-11)14-13(23-2)4-3-12(17)15(14)18/h3-4,9-11,19-20H,5-8H2,1-2H3,(H,21,22)/t9?,10-,11+/m1/s1. The predicted molar refractivity (Wildman–Crippen MR) is 91.9 cm³/mol. The fourth-order valence-corrected chi connectivity index (χ4v) is 3.41. The number of carbonyl (C=O) groups is 1. The number of halogens is 2. The van der Waals surface area contributed by atoms with Gasteiger partial charge in [0.05, 0.1) is 17.2 Å². The van der Waals surface area contributed by atoms with Gasteiger partial charge in [-0.05, 0) is 44.4 Å². The molecule has 0 saturated carbocycles. The summed E-state index contributed by atoms with van der Waals surface area (Å²) in [7, 11) is 1.62. The maximum atomic E-state index is 10.9. The lowest BCUT2D eigenvalue weighted by Gasteiger charge is -2.32. The van der Waals surface area contributed by atoms with Gasteiger partial charge in [-0.25, -0.2) is 0 Å². The minimum Gasteiger partial charge on any atom is -0.496 e. The van der Waals surface area contributed by atoms with E-state index in [1.54, 1.807) is 20.1 Å². The summed E-state index contributed by atoms with van der Waals surface area (Å²) in [6.45, 7) is 3.06. The Balaban J connectivity index is 2.09. The smallest absolute Gasteiger partial charge is 0.320 e. The number of carboxylic acids is 1. The molecule has 3 N–H and O–H groups in total. The van der Waals surface area contributed by atoms with Crippen molar-refractivity contribution in [3.63, 3.8) is 0 Å². The Hall–Kier alpha value is -1.01. The average molecular weight is 361 g/mol. The van der Waals surface area contributed by atoms with Crippen LogP contribution < -0.4 is 15.4 Å². The first-order valence-electron chi connectivity index (χ1n) is 7.65. The molecular weight excluding hydrogens is 339 g/mol. The molecule has 1 aromatic carbocycles. The third-order valence-electron chi connectivity index (χ3n) is 4.26. The number of carboxylic acid groups (broad SMARTS) is 1. The molecule has 0 bridgehead atoms. The highest BCUT2D eigenvalue weighted by Gasteiger charge is 2.28. The van der Waals surface area contributed by atoms with Crippen molar-refractivity contribution >= 4 is 29.2 Å². The van der Waals surface area contributed by atoms with Gasteiger partial charge in [0.15, 0.2) is 0 Å². The molecule has 5 nitrogen and oxygen atoms in total. The van der Waals surface area contributed by atoms with Gasteiger partial charge >= 0.3 is 5.97 Å². The number of hydrogen-bond acceptors (Lipinski definition) is 4. The molecular formula is C16H22Cl2N2O3. The second kappa shape index (κ2) is 8.20. The fourth-order valence-electron chi connectivity index (χ4n) is 2.94. The SMILES string of the molecule is COc1ccc(Cl)c(Cl)c1[C@@H]1CCN[C@H](CNC(C)C(=O)O)C1. The normalized spacial score (nSPS) is 22.6. The maximum Gasteiger partial charge on any atom is 0.320 e. The number of rotatable bonds is 6. The Labute approximate surface area is 146 Å². The summed E-state index contributed by atoms with van der Waals surface area (Å²) in [4.78, 5) is 10.9. The number of hydrogen-bond donors (Lipinski definition) is 3. The monoisotopic (exact) mass is 360 g/mol. The Bertz CT molecular complexity index is 569. The van der Waals surface area contributed by atoms with Gasteiger partial charge in [-0.1, -0.05) is 23.2 Å². The van der Waals surface area contributed by atoms with Crippen molar-refractivity contribution in [2.24, 2.45) is 0 Å². The van der Waals surface area contributed by atoms with Crippen LogP contribution in [0.15, 0.2) is 12.1 Å². The molecule has 1 aliphatic heterocycles. The number of methoxy groups -OCH3 is 1. The lowest BCUT2D eigenvalue weighted by atomic mass is 9.85. The van der Waals surface area contributed by atoms with E-state index in [1.807, 2.05) is 6.07 Å². The molecule has 0 radical (unpaired) electrons. The molecule has 128 valence electrons. The van der Waals surface area contributed by atoms with Crippen molar-refractivity contribution in [1.29, 1.82) is 0 Å². The Morgan fingerprint density at radius 3 is 2.91 bits per heavy atom. The number of benzene rings is 1. The van der Waals surface area contributed by atoms with Crippen LogP contribution >= 0.6 is 23.2 Å². The molecule has 0 aliphatic carbocycles. The third-order valence-corrected chi connectivity index (χ3v) is 5.08. The van der Waals surface area contributed by atoms with Crippen molar-refractivity contribution in [3.8, 4) is 5.75 Å². The zero-order valence-corrected chi connectivity index (χ0v) is 14.7. The molecule has 1 aliphatic rings. The van der Waals surface area contributed by atoms with E-state index in [0.29, 0.717) is 16.6 Å². The molecule has 7 heteroatoms. The van der Waals surface area contributed by atoms with Crippen molar-refractivity contribution in [2.75, 3.05) is 20.2 Å². The van der Waals surface area contributed by atoms with Crippen LogP contribution in [0.3, 0.4) is 0 Å². The highest BCUT2D eigenvalue weighted by atomic mass is 35.5. The van der Waals surface area contributed by atoms with Crippen molar-refractivity contribution in [3.05, 3.63) is 27.7 Å². The topological polar surface area (TPSA) is 70.6 Å². The van der Waals surface area contributed by atoms with E-state index in [9.17, 15) is 4.79 Å². The molecule has 1 fully saturated rings. The summed E-state index contributed by atoms with van der Waals surface area (Å²) >= 11 is 12.6. The van der Waals surface area contributed by atoms with Gasteiger partial charge in [-0.3, -0.25) is 4.79 Å². The molecule has 23 heavy (non-hydrogen) atoms. The van der Waals surface area contributed by atoms with E-state index in [2.05, 4.69) is 10.6 Å². The zero-order chi connectivity index (χ0) is 17.0. The summed E-state index contributed by atoms with van der Waals surface area (Å²) in [6.07, 6.45) is 1.77. The van der Waals surface area contributed by atoms with E-state index < -0.39 is 12.0 Å². The van der Waals surface area contributed by atoms with Gasteiger partial charge in [0.25, 0.3) is 0 Å². The molecule has 1 heterocycles. The van der Waals surface area contributed by atoms with Crippen LogP contribution in [0.1, 0.15) is 31.2 Å². The first kappa shape index (κ1) is 18.3.